The third kappa shape index (κ3) is 3.82. The van der Waals surface area contributed by atoms with Crippen LogP contribution in [0.5, 0.6) is 0 Å². The highest BCUT2D eigenvalue weighted by molar-refractivity contribution is 5.95. The monoisotopic (exact) mass is 435 g/mol. The summed E-state index contributed by atoms with van der Waals surface area (Å²) < 4.78 is 0. The van der Waals surface area contributed by atoms with Crippen LogP contribution in [0.25, 0.3) is 0 Å². The van der Waals surface area contributed by atoms with Crippen molar-refractivity contribution in [3.63, 3.8) is 0 Å². The summed E-state index contributed by atoms with van der Waals surface area (Å²) in [7, 11) is 0. The molecule has 5 rings (SSSR count). The maximum absolute atomic E-state index is 13.2. The summed E-state index contributed by atoms with van der Waals surface area (Å²) >= 11 is 0. The van der Waals surface area contributed by atoms with Crippen LogP contribution in [0.3, 0.4) is 0 Å². The largest absolute Gasteiger partial charge is 0.322 e. The summed E-state index contributed by atoms with van der Waals surface area (Å²) in [5.41, 5.74) is 9.53. The number of rotatable bonds is 2. The van der Waals surface area contributed by atoms with Crippen molar-refractivity contribution in [3.8, 4) is 0 Å². The zero-order valence-electron chi connectivity index (χ0n) is 20.5. The molecule has 2 nitrogen and oxygen atoms in total. The Bertz CT molecular complexity index is 1240. The van der Waals surface area contributed by atoms with Gasteiger partial charge in [-0.2, -0.15) is 0 Å². The van der Waals surface area contributed by atoms with Gasteiger partial charge < -0.3 is 5.32 Å². The van der Waals surface area contributed by atoms with E-state index in [1.54, 1.807) is 0 Å². The van der Waals surface area contributed by atoms with Gasteiger partial charge in [0.2, 0.25) is 0 Å². The van der Waals surface area contributed by atoms with Crippen LogP contribution in [0.1, 0.15) is 51.9 Å². The summed E-state index contributed by atoms with van der Waals surface area (Å²) in [5, 5.41) is 3.27. The maximum atomic E-state index is 13.2. The van der Waals surface area contributed by atoms with Crippen molar-refractivity contribution in [1.82, 2.24) is 5.32 Å². The number of benzene rings is 1. The predicted octanol–water partition coefficient (Wildman–Crippen LogP) is 7.24. The van der Waals surface area contributed by atoms with Gasteiger partial charge in [-0.05, 0) is 62.5 Å². The molecule has 4 aliphatic rings. The standard InChI is InChI=1S/C31H33NO/c1-30(2,3)23-14-20-12-13-21-15-24(31(4,5)6)18-25-26(17-22(16-23)27(20)28(21)25)32-29(33)19-10-8-7-9-11-19/h7-18,27-28H,1-6H3,(H,32,33)/t27-,28+/m0/s1. The van der Waals surface area contributed by atoms with E-state index in [2.05, 4.69) is 89.4 Å². The molecule has 1 N–H and O–H groups in total. The molecule has 0 spiro atoms. The fraction of sp³-hybridized carbons (Fsp3) is 0.323. The SMILES string of the molecule is CC(C)(C)C1=CC2=CC(NC(=O)c3ccccc3)=C3C=C(C(C)(C)C)C=C4C=CC(=C1)[C@@H]2[C@H]43. The Labute approximate surface area is 197 Å². The molecule has 1 aromatic carbocycles. The fourth-order valence-electron chi connectivity index (χ4n) is 5.16. The molecule has 1 aromatic rings. The number of carbonyl (C=O) groups is 1. The van der Waals surface area contributed by atoms with Gasteiger partial charge in [-0.3, -0.25) is 4.79 Å². The average Bonchev–Trinajstić information content (AvgIpc) is 2.76. The lowest BCUT2D eigenvalue weighted by Gasteiger charge is -2.44. The number of allylic oxidation sites excluding steroid dienone is 13. The second-order valence-corrected chi connectivity index (χ2v) is 11.6. The molecule has 168 valence electrons. The van der Waals surface area contributed by atoms with Crippen LogP contribution < -0.4 is 5.32 Å². The minimum absolute atomic E-state index is 0.0271. The van der Waals surface area contributed by atoms with Gasteiger partial charge in [-0.25, -0.2) is 0 Å². The van der Waals surface area contributed by atoms with E-state index in [1.807, 2.05) is 30.3 Å². The van der Waals surface area contributed by atoms with Gasteiger partial charge in [0.25, 0.3) is 5.91 Å². The Kier molecular flexibility index (Phi) is 4.90. The molecule has 4 aliphatic carbocycles. The second-order valence-electron chi connectivity index (χ2n) is 11.6. The first-order valence-corrected chi connectivity index (χ1v) is 11.9. The zero-order chi connectivity index (χ0) is 23.5. The van der Waals surface area contributed by atoms with E-state index in [1.165, 1.54) is 33.4 Å². The molecular formula is C31H33NO. The van der Waals surface area contributed by atoms with Gasteiger partial charge in [0.05, 0.1) is 0 Å². The highest BCUT2D eigenvalue weighted by Gasteiger charge is 2.42. The lowest BCUT2D eigenvalue weighted by atomic mass is 9.60. The number of carbonyl (C=O) groups excluding carboxylic acids is 1. The van der Waals surface area contributed by atoms with Crippen LogP contribution in [0.2, 0.25) is 0 Å². The van der Waals surface area contributed by atoms with Gasteiger partial charge >= 0.3 is 0 Å². The number of hydrogen-bond donors (Lipinski definition) is 1. The minimum Gasteiger partial charge on any atom is -0.322 e. The van der Waals surface area contributed by atoms with Crippen molar-refractivity contribution < 1.29 is 4.79 Å². The summed E-state index contributed by atoms with van der Waals surface area (Å²) in [5.74, 6) is 0.474. The molecule has 0 aromatic heterocycles. The topological polar surface area (TPSA) is 29.1 Å². The van der Waals surface area contributed by atoms with E-state index < -0.39 is 0 Å². The molecule has 1 amide bonds. The van der Waals surface area contributed by atoms with Crippen molar-refractivity contribution in [1.29, 1.82) is 0 Å². The Morgan fingerprint density at radius 2 is 1.27 bits per heavy atom. The quantitative estimate of drug-likeness (QED) is 0.521. The summed E-state index contributed by atoms with van der Waals surface area (Å²) in [4.78, 5) is 13.2. The third-order valence-electron chi connectivity index (χ3n) is 7.13. The van der Waals surface area contributed by atoms with Crippen molar-refractivity contribution >= 4 is 5.91 Å². The normalized spacial score (nSPS) is 23.6. The van der Waals surface area contributed by atoms with E-state index in [-0.39, 0.29) is 22.7 Å². The van der Waals surface area contributed by atoms with Crippen molar-refractivity contribution in [2.45, 2.75) is 41.5 Å². The molecule has 33 heavy (non-hydrogen) atoms. The molecule has 0 heterocycles. The van der Waals surface area contributed by atoms with E-state index in [4.69, 9.17) is 0 Å². The molecule has 0 radical (unpaired) electrons. The van der Waals surface area contributed by atoms with Crippen LogP contribution in [-0.4, -0.2) is 5.91 Å². The fourth-order valence-corrected chi connectivity index (χ4v) is 5.16. The smallest absolute Gasteiger partial charge is 0.255 e. The van der Waals surface area contributed by atoms with Gasteiger partial charge in [-0.1, -0.05) is 96.2 Å². The number of hydrogen-bond acceptors (Lipinski definition) is 1. The van der Waals surface area contributed by atoms with Crippen molar-refractivity contribution in [2.24, 2.45) is 22.7 Å². The van der Waals surface area contributed by atoms with E-state index >= 15 is 0 Å². The van der Waals surface area contributed by atoms with Crippen molar-refractivity contribution in [2.75, 3.05) is 0 Å². The highest BCUT2D eigenvalue weighted by Crippen LogP contribution is 2.53. The molecule has 0 bridgehead atoms. The second kappa shape index (κ2) is 7.45. The number of nitrogens with one attached hydrogen (secondary N) is 1. The predicted molar refractivity (Wildman–Crippen MR) is 136 cm³/mol. The lowest BCUT2D eigenvalue weighted by Crippen LogP contribution is -2.35. The van der Waals surface area contributed by atoms with Crippen molar-refractivity contribution in [3.05, 3.63) is 118 Å². The van der Waals surface area contributed by atoms with Gasteiger partial charge in [0.1, 0.15) is 0 Å². The van der Waals surface area contributed by atoms with E-state index in [9.17, 15) is 4.79 Å². The zero-order valence-corrected chi connectivity index (χ0v) is 20.5. The Morgan fingerprint density at radius 1 is 0.697 bits per heavy atom. The summed E-state index contributed by atoms with van der Waals surface area (Å²) in [6.07, 6.45) is 16.2. The van der Waals surface area contributed by atoms with Gasteiger partial charge in [0.15, 0.2) is 0 Å². The third-order valence-corrected chi connectivity index (χ3v) is 7.13. The molecular weight excluding hydrogens is 402 g/mol. The Morgan fingerprint density at radius 3 is 1.88 bits per heavy atom. The van der Waals surface area contributed by atoms with E-state index in [0.717, 1.165) is 5.70 Å². The first-order chi connectivity index (χ1) is 15.5. The van der Waals surface area contributed by atoms with Gasteiger partial charge in [-0.15, -0.1) is 0 Å². The minimum atomic E-state index is -0.0619. The molecule has 0 saturated carbocycles. The molecule has 0 saturated heterocycles. The lowest BCUT2D eigenvalue weighted by molar-refractivity contribution is 0.0966. The molecule has 2 heteroatoms. The molecule has 0 fully saturated rings. The first kappa shape index (κ1) is 21.7. The Hall–Kier alpha value is -3.13. The average molecular weight is 436 g/mol. The van der Waals surface area contributed by atoms with Gasteiger partial charge in [0, 0.05) is 23.1 Å². The van der Waals surface area contributed by atoms with Crippen LogP contribution in [-0.2, 0) is 0 Å². The summed E-state index contributed by atoms with van der Waals surface area (Å²) in [6, 6.07) is 9.48. The van der Waals surface area contributed by atoms with E-state index in [0.29, 0.717) is 11.5 Å². The van der Waals surface area contributed by atoms with Crippen LogP contribution in [0.15, 0.2) is 112 Å². The van der Waals surface area contributed by atoms with Crippen LogP contribution in [0.4, 0.5) is 0 Å². The Balaban J connectivity index is 1.69. The van der Waals surface area contributed by atoms with Crippen LogP contribution in [0, 0.1) is 22.7 Å². The summed E-state index contributed by atoms with van der Waals surface area (Å²) in [6.45, 7) is 13.5. The van der Waals surface area contributed by atoms with Crippen LogP contribution >= 0.6 is 0 Å². The first-order valence-electron chi connectivity index (χ1n) is 11.9. The molecule has 0 unspecified atom stereocenters. The highest BCUT2D eigenvalue weighted by atomic mass is 16.1. The molecule has 0 aliphatic heterocycles. The maximum Gasteiger partial charge on any atom is 0.255 e. The number of amides is 1. The molecule has 2 atom stereocenters.